The Morgan fingerprint density at radius 2 is 0.520 bits per heavy atom. The van der Waals surface area contributed by atoms with Gasteiger partial charge in [-0.2, -0.15) is 0 Å². The zero-order chi connectivity index (χ0) is 36.1. The third kappa shape index (κ3) is 45.1. The first-order valence-corrected chi connectivity index (χ1v) is 19.3. The lowest BCUT2D eigenvalue weighted by Gasteiger charge is -2.09. The molecule has 0 aromatic carbocycles. The van der Waals surface area contributed by atoms with Gasteiger partial charge in [0.25, 0.3) is 0 Å². The summed E-state index contributed by atoms with van der Waals surface area (Å²) in [5.41, 5.74) is 0. The minimum Gasteiger partial charge on any atom is -0.463 e. The van der Waals surface area contributed by atoms with Gasteiger partial charge in [-0.3, -0.25) is 4.79 Å². The Morgan fingerprint density at radius 1 is 0.280 bits per heavy atom. The monoisotopic (exact) mass is 727 g/mol. The maximum absolute atomic E-state index is 11.7. The topological polar surface area (TPSA) is 128 Å². The molecule has 0 spiro atoms. The molecule has 0 unspecified atom stereocenters. The summed E-state index contributed by atoms with van der Waals surface area (Å²) >= 11 is 0. The van der Waals surface area contributed by atoms with Crippen molar-refractivity contribution in [3.8, 4) is 0 Å². The molecule has 0 rings (SSSR count). The summed E-state index contributed by atoms with van der Waals surface area (Å²) in [6.45, 7) is 16.3. The van der Waals surface area contributed by atoms with Crippen molar-refractivity contribution < 1.29 is 61.6 Å². The van der Waals surface area contributed by atoms with Crippen molar-refractivity contribution in [3.05, 3.63) is 0 Å². The van der Waals surface area contributed by atoms with Crippen molar-refractivity contribution in [3.63, 3.8) is 0 Å². The zero-order valence-corrected chi connectivity index (χ0v) is 31.8. The van der Waals surface area contributed by atoms with Gasteiger partial charge >= 0.3 is 5.97 Å². The highest BCUT2D eigenvalue weighted by Crippen LogP contribution is 2.07. The van der Waals surface area contributed by atoms with Crippen LogP contribution in [0.15, 0.2) is 0 Å². The standard InChI is InChI=1S/C37H74O13/c1-3-5-7-9-10-11-13-37(38)50-36-35-49-34-33-48-32-31-47-30-29-46-28-27-45-26-25-44-24-23-43-22-21-42-20-19-41-18-17-40-16-15-39-14-12-8-6-4-2/h3-36H2,1-2H3. The maximum Gasteiger partial charge on any atom is 0.305 e. The molecule has 0 heterocycles. The average Bonchev–Trinajstić information content (AvgIpc) is 3.12. The molecule has 0 N–H and O–H groups in total. The molecular weight excluding hydrogens is 652 g/mol. The molecule has 300 valence electrons. The number of esters is 1. The Hall–Kier alpha value is -0.970. The van der Waals surface area contributed by atoms with E-state index in [0.717, 1.165) is 25.9 Å². The maximum atomic E-state index is 11.7. The van der Waals surface area contributed by atoms with E-state index in [2.05, 4.69) is 13.8 Å². The highest BCUT2D eigenvalue weighted by atomic mass is 16.6. The third-order valence-corrected chi connectivity index (χ3v) is 7.09. The van der Waals surface area contributed by atoms with Crippen LogP contribution in [0.4, 0.5) is 0 Å². The van der Waals surface area contributed by atoms with Gasteiger partial charge in [0.2, 0.25) is 0 Å². The van der Waals surface area contributed by atoms with Crippen molar-refractivity contribution in [1.82, 2.24) is 0 Å². The van der Waals surface area contributed by atoms with Crippen LogP contribution in [0.1, 0.15) is 84.5 Å². The lowest BCUT2D eigenvalue weighted by Crippen LogP contribution is -2.15. The summed E-state index contributed by atoms with van der Waals surface area (Å²) in [6, 6.07) is 0. The van der Waals surface area contributed by atoms with Crippen LogP contribution >= 0.6 is 0 Å². The van der Waals surface area contributed by atoms with Crippen molar-refractivity contribution >= 4 is 5.97 Å². The van der Waals surface area contributed by atoms with Crippen LogP contribution in [0, 0.1) is 0 Å². The molecular formula is C37H74O13. The highest BCUT2D eigenvalue weighted by molar-refractivity contribution is 5.69. The predicted octanol–water partition coefficient (Wildman–Crippen LogP) is 5.04. The Morgan fingerprint density at radius 3 is 0.840 bits per heavy atom. The molecule has 0 atom stereocenters. The second-order valence-corrected chi connectivity index (χ2v) is 11.5. The van der Waals surface area contributed by atoms with E-state index in [9.17, 15) is 4.79 Å². The van der Waals surface area contributed by atoms with Gasteiger partial charge in [0.05, 0.1) is 139 Å². The number of ether oxygens (including phenoxy) is 12. The van der Waals surface area contributed by atoms with Crippen LogP contribution in [-0.2, 0) is 61.6 Å². The van der Waals surface area contributed by atoms with Crippen LogP contribution in [0.5, 0.6) is 0 Å². The summed E-state index contributed by atoms with van der Waals surface area (Å²) < 4.78 is 65.5. The summed E-state index contributed by atoms with van der Waals surface area (Å²) in [4.78, 5) is 11.7. The molecule has 0 aromatic rings. The summed E-state index contributed by atoms with van der Waals surface area (Å²) in [7, 11) is 0. The van der Waals surface area contributed by atoms with E-state index < -0.39 is 0 Å². The number of hydrogen-bond acceptors (Lipinski definition) is 13. The van der Waals surface area contributed by atoms with Crippen LogP contribution in [0.2, 0.25) is 0 Å². The molecule has 0 radical (unpaired) electrons. The van der Waals surface area contributed by atoms with Crippen LogP contribution < -0.4 is 0 Å². The third-order valence-electron chi connectivity index (χ3n) is 7.09. The van der Waals surface area contributed by atoms with Crippen molar-refractivity contribution in [1.29, 1.82) is 0 Å². The molecule has 0 saturated heterocycles. The summed E-state index contributed by atoms with van der Waals surface area (Å²) in [5.74, 6) is -0.142. The predicted molar refractivity (Wildman–Crippen MR) is 192 cm³/mol. The van der Waals surface area contributed by atoms with Crippen molar-refractivity contribution in [2.24, 2.45) is 0 Å². The minimum atomic E-state index is -0.142. The molecule has 0 aromatic heterocycles. The molecule has 0 amide bonds. The number of rotatable bonds is 45. The quantitative estimate of drug-likeness (QED) is 0.0615. The number of hydrogen-bond donors (Lipinski definition) is 0. The summed E-state index contributed by atoms with van der Waals surface area (Å²) in [5, 5.41) is 0. The van der Waals surface area contributed by atoms with Gasteiger partial charge in [-0.15, -0.1) is 0 Å². The van der Waals surface area contributed by atoms with Crippen molar-refractivity contribution in [2.45, 2.75) is 84.5 Å². The fourth-order valence-electron chi connectivity index (χ4n) is 4.27. The zero-order valence-electron chi connectivity index (χ0n) is 31.8. The van der Waals surface area contributed by atoms with E-state index in [4.69, 9.17) is 56.8 Å². The van der Waals surface area contributed by atoms with E-state index in [1.54, 1.807) is 0 Å². The Labute approximate surface area is 303 Å². The highest BCUT2D eigenvalue weighted by Gasteiger charge is 2.03. The SMILES string of the molecule is CCCCCCCCC(=O)OCCOCCOCCOCCOCCOCCOCCOCCOCCOCCOCCOCCCCCC. The molecule has 13 heteroatoms. The molecule has 0 aliphatic rings. The molecule has 0 bridgehead atoms. The molecule has 0 aliphatic carbocycles. The second kappa shape index (κ2) is 46.1. The minimum absolute atomic E-state index is 0.142. The molecule has 50 heavy (non-hydrogen) atoms. The first-order valence-electron chi connectivity index (χ1n) is 19.3. The average molecular weight is 727 g/mol. The van der Waals surface area contributed by atoms with E-state index in [1.165, 1.54) is 44.9 Å². The largest absolute Gasteiger partial charge is 0.463 e. The molecule has 0 aliphatic heterocycles. The lowest BCUT2D eigenvalue weighted by atomic mass is 10.1. The Balaban J connectivity index is 3.09. The molecule has 0 fully saturated rings. The Kier molecular flexibility index (Phi) is 45.2. The van der Waals surface area contributed by atoms with Crippen molar-refractivity contribution in [2.75, 3.05) is 152 Å². The van der Waals surface area contributed by atoms with Gasteiger partial charge in [-0.25, -0.2) is 0 Å². The fourth-order valence-corrected chi connectivity index (χ4v) is 4.27. The van der Waals surface area contributed by atoms with Gasteiger partial charge in [0.1, 0.15) is 6.61 Å². The van der Waals surface area contributed by atoms with E-state index in [-0.39, 0.29) is 12.6 Å². The van der Waals surface area contributed by atoms with Gasteiger partial charge in [0, 0.05) is 13.0 Å². The summed E-state index contributed by atoms with van der Waals surface area (Å²) in [6.07, 6.45) is 12.3. The second-order valence-electron chi connectivity index (χ2n) is 11.5. The number of carbonyl (C=O) groups excluding carboxylic acids is 1. The fraction of sp³-hybridized carbons (Fsp3) is 0.973. The first kappa shape index (κ1) is 49.0. The van der Waals surface area contributed by atoms with E-state index >= 15 is 0 Å². The van der Waals surface area contributed by atoms with Crippen LogP contribution in [0.3, 0.4) is 0 Å². The first-order chi connectivity index (χ1) is 24.8. The Bertz CT molecular complexity index is 630. The van der Waals surface area contributed by atoms with E-state index in [0.29, 0.717) is 145 Å². The molecule has 0 saturated carbocycles. The lowest BCUT2D eigenvalue weighted by molar-refractivity contribution is -0.145. The van der Waals surface area contributed by atoms with Gasteiger partial charge in [-0.1, -0.05) is 65.2 Å². The normalized spacial score (nSPS) is 11.5. The van der Waals surface area contributed by atoms with Crippen LogP contribution in [-0.4, -0.2) is 158 Å². The van der Waals surface area contributed by atoms with Gasteiger partial charge in [0.15, 0.2) is 0 Å². The number of unbranched alkanes of at least 4 members (excludes halogenated alkanes) is 8. The molecule has 13 nitrogen and oxygen atoms in total. The van der Waals surface area contributed by atoms with Gasteiger partial charge < -0.3 is 56.8 Å². The number of carbonyl (C=O) groups is 1. The van der Waals surface area contributed by atoms with E-state index in [1.807, 2.05) is 0 Å². The van der Waals surface area contributed by atoms with Gasteiger partial charge in [-0.05, 0) is 12.8 Å². The smallest absolute Gasteiger partial charge is 0.305 e. The van der Waals surface area contributed by atoms with Crippen LogP contribution in [0.25, 0.3) is 0 Å².